The van der Waals surface area contributed by atoms with Gasteiger partial charge in [-0.1, -0.05) is 15.9 Å². The first-order valence-corrected chi connectivity index (χ1v) is 15.3. The van der Waals surface area contributed by atoms with Gasteiger partial charge in [0.1, 0.15) is 5.69 Å². The molecule has 2 aliphatic rings. The number of benzene rings is 2. The average Bonchev–Trinajstić information content (AvgIpc) is 3.83. The minimum Gasteiger partial charge on any atom is -0.493 e. The minimum absolute atomic E-state index is 0.169. The lowest BCUT2D eigenvalue weighted by molar-refractivity contribution is 0.0602. The highest BCUT2D eigenvalue weighted by molar-refractivity contribution is 9.09. The predicted molar refractivity (Wildman–Crippen MR) is 167 cm³/mol. The fourth-order valence-electron chi connectivity index (χ4n) is 6.35. The third-order valence-electron chi connectivity index (χ3n) is 8.38. The van der Waals surface area contributed by atoms with Crippen molar-refractivity contribution in [2.75, 3.05) is 58.3 Å². The maximum atomic E-state index is 14.3. The second kappa shape index (κ2) is 11.6. The van der Waals surface area contributed by atoms with Gasteiger partial charge in [-0.05, 0) is 37.5 Å². The Morgan fingerprint density at radius 3 is 2.30 bits per heavy atom. The van der Waals surface area contributed by atoms with Gasteiger partial charge in [-0.2, -0.15) is 0 Å². The summed E-state index contributed by atoms with van der Waals surface area (Å²) in [4.78, 5) is 50.2. The molecule has 1 saturated heterocycles. The number of nitrogens with zero attached hydrogens (tertiary/aromatic N) is 2. The number of fused-ring (bicyclic) bond motifs is 4. The number of carbonyl (C=O) groups is 3. The molecule has 2 aromatic carbocycles. The Morgan fingerprint density at radius 2 is 1.66 bits per heavy atom. The van der Waals surface area contributed by atoms with Gasteiger partial charge in [0.25, 0.3) is 5.91 Å². The van der Waals surface area contributed by atoms with Gasteiger partial charge in [-0.3, -0.25) is 4.79 Å². The number of hydrogen-bond acceptors (Lipinski definition) is 8. The third kappa shape index (κ3) is 4.61. The van der Waals surface area contributed by atoms with Crippen LogP contribution in [0.15, 0.2) is 18.2 Å². The first kappa shape index (κ1) is 29.7. The van der Waals surface area contributed by atoms with Crippen LogP contribution < -0.4 is 23.8 Å². The number of rotatable bonds is 7. The molecule has 1 unspecified atom stereocenters. The zero-order chi connectivity index (χ0) is 31.3. The molecule has 2 aromatic heterocycles. The van der Waals surface area contributed by atoms with Crippen molar-refractivity contribution in [3.8, 4) is 23.0 Å². The van der Waals surface area contributed by atoms with E-state index in [9.17, 15) is 14.4 Å². The minimum atomic E-state index is -0.525. The number of hydrogen-bond donors (Lipinski definition) is 2. The van der Waals surface area contributed by atoms with E-state index >= 15 is 0 Å². The highest BCUT2D eigenvalue weighted by atomic mass is 79.9. The number of alkyl halides is 1. The van der Waals surface area contributed by atoms with Crippen molar-refractivity contribution in [3.63, 3.8) is 0 Å². The maximum Gasteiger partial charge on any atom is 0.415 e. The van der Waals surface area contributed by atoms with Crippen LogP contribution in [0.2, 0.25) is 0 Å². The first-order valence-electron chi connectivity index (χ1n) is 14.2. The summed E-state index contributed by atoms with van der Waals surface area (Å²) in [5, 5.41) is 1.79. The first-order chi connectivity index (χ1) is 21.3. The number of methoxy groups -OCH3 is 4. The van der Waals surface area contributed by atoms with Crippen molar-refractivity contribution in [3.05, 3.63) is 40.7 Å². The van der Waals surface area contributed by atoms with Crippen LogP contribution in [-0.2, 0) is 4.74 Å². The summed E-state index contributed by atoms with van der Waals surface area (Å²) in [5.74, 6) is 0.498. The normalized spacial score (nSPS) is 16.0. The summed E-state index contributed by atoms with van der Waals surface area (Å²) >= 11 is 3.62. The SMILES string of the molecule is COC(=O)c1c(C)[nH]c2c(OC(=O)N3CCCC3)cc3c(c12)C(CBr)CN3C(=O)c1cc2cc(OC)c(OC)c(OC)c2[nH]1. The van der Waals surface area contributed by atoms with Gasteiger partial charge in [0.2, 0.25) is 5.75 Å². The highest BCUT2D eigenvalue weighted by Crippen LogP contribution is 2.49. The molecule has 0 radical (unpaired) electrons. The molecule has 4 aromatic rings. The number of aryl methyl sites for hydroxylation is 1. The van der Waals surface area contributed by atoms with E-state index in [1.54, 1.807) is 34.9 Å². The molecule has 2 N–H and O–H groups in total. The molecule has 1 atom stereocenters. The third-order valence-corrected chi connectivity index (χ3v) is 9.16. The van der Waals surface area contributed by atoms with E-state index in [0.717, 1.165) is 18.4 Å². The highest BCUT2D eigenvalue weighted by Gasteiger charge is 2.39. The number of likely N-dealkylation sites (tertiary alicyclic amines) is 1. The summed E-state index contributed by atoms with van der Waals surface area (Å²) < 4.78 is 27.7. The Morgan fingerprint density at radius 1 is 0.932 bits per heavy atom. The smallest absolute Gasteiger partial charge is 0.415 e. The van der Waals surface area contributed by atoms with Crippen LogP contribution in [0.5, 0.6) is 23.0 Å². The van der Waals surface area contributed by atoms with E-state index in [-0.39, 0.29) is 17.6 Å². The summed E-state index contributed by atoms with van der Waals surface area (Å²) in [5.41, 5.74) is 3.63. The van der Waals surface area contributed by atoms with E-state index in [1.165, 1.54) is 28.4 Å². The van der Waals surface area contributed by atoms with Crippen LogP contribution in [0.25, 0.3) is 21.8 Å². The zero-order valence-electron chi connectivity index (χ0n) is 25.1. The van der Waals surface area contributed by atoms with Gasteiger partial charge in [-0.15, -0.1) is 0 Å². The Balaban J connectivity index is 1.52. The molecule has 0 spiro atoms. The Kier molecular flexibility index (Phi) is 7.82. The number of nitrogens with one attached hydrogen (secondary N) is 2. The van der Waals surface area contributed by atoms with Crippen molar-refractivity contribution in [2.24, 2.45) is 0 Å². The average molecular weight is 670 g/mol. The van der Waals surface area contributed by atoms with E-state index < -0.39 is 12.1 Å². The molecule has 0 saturated carbocycles. The Labute approximate surface area is 261 Å². The fraction of sp³-hybridized carbons (Fsp3) is 0.387. The number of aromatic amines is 2. The molecule has 12 nitrogen and oxygen atoms in total. The molecular formula is C31H33BrN4O8. The molecule has 1 fully saturated rings. The molecule has 2 amide bonds. The van der Waals surface area contributed by atoms with Crippen LogP contribution in [0.1, 0.15) is 50.9 Å². The second-order valence-electron chi connectivity index (χ2n) is 10.8. The lowest BCUT2D eigenvalue weighted by Crippen LogP contribution is -2.31. The standard InChI is InChI=1S/C31H33BrN4O8/c1-15-22(30(38)43-5)24-23-17(13-32)14-36(19(23)12-20(26(24)33-15)44-31(39)35-8-6-7-9-35)29(37)18-10-16-11-21(40-2)27(41-3)28(42-4)25(16)34-18/h10-12,17,33-34H,6-9,13-14H2,1-5H3. The number of ether oxygens (including phenoxy) is 5. The zero-order valence-corrected chi connectivity index (χ0v) is 26.7. The van der Waals surface area contributed by atoms with Crippen LogP contribution >= 0.6 is 15.9 Å². The number of aromatic nitrogens is 2. The number of amides is 2. The summed E-state index contributed by atoms with van der Waals surface area (Å²) in [6, 6.07) is 5.21. The van der Waals surface area contributed by atoms with Crippen molar-refractivity contribution in [1.29, 1.82) is 0 Å². The number of halogens is 1. The predicted octanol–water partition coefficient (Wildman–Crippen LogP) is 5.50. The van der Waals surface area contributed by atoms with E-state index in [2.05, 4.69) is 25.9 Å². The van der Waals surface area contributed by atoms with Crippen LogP contribution in [0.4, 0.5) is 10.5 Å². The number of carbonyl (C=O) groups excluding carboxylic acids is 3. The summed E-state index contributed by atoms with van der Waals surface area (Å²) in [6.07, 6.45) is 1.34. The molecule has 44 heavy (non-hydrogen) atoms. The lowest BCUT2D eigenvalue weighted by Gasteiger charge is -2.19. The van der Waals surface area contributed by atoms with Gasteiger partial charge in [0.05, 0.1) is 50.7 Å². The van der Waals surface area contributed by atoms with Crippen LogP contribution in [-0.4, -0.2) is 86.2 Å². The molecule has 0 bridgehead atoms. The Bertz CT molecular complexity index is 1810. The fourth-order valence-corrected chi connectivity index (χ4v) is 6.88. The van der Waals surface area contributed by atoms with Crippen molar-refractivity contribution < 1.29 is 38.1 Å². The Hall–Kier alpha value is -4.39. The molecule has 4 heterocycles. The van der Waals surface area contributed by atoms with E-state index in [1.807, 2.05) is 0 Å². The van der Waals surface area contributed by atoms with Crippen LogP contribution in [0, 0.1) is 6.92 Å². The maximum absolute atomic E-state index is 14.3. The van der Waals surface area contributed by atoms with Gasteiger partial charge >= 0.3 is 12.1 Å². The van der Waals surface area contributed by atoms with Gasteiger partial charge < -0.3 is 43.5 Å². The number of anilines is 1. The summed E-state index contributed by atoms with van der Waals surface area (Å²) in [7, 11) is 5.89. The molecule has 232 valence electrons. The largest absolute Gasteiger partial charge is 0.493 e. The van der Waals surface area contributed by atoms with Gasteiger partial charge in [0.15, 0.2) is 17.2 Å². The quantitative estimate of drug-likeness (QED) is 0.195. The number of esters is 1. The van der Waals surface area contributed by atoms with Crippen molar-refractivity contribution in [2.45, 2.75) is 25.7 Å². The second-order valence-corrected chi connectivity index (χ2v) is 11.4. The molecule has 2 aliphatic heterocycles. The molecule has 0 aliphatic carbocycles. The van der Waals surface area contributed by atoms with E-state index in [0.29, 0.717) is 86.7 Å². The molecular weight excluding hydrogens is 636 g/mol. The van der Waals surface area contributed by atoms with E-state index in [4.69, 9.17) is 23.7 Å². The summed E-state index contributed by atoms with van der Waals surface area (Å²) in [6.45, 7) is 3.31. The van der Waals surface area contributed by atoms with Gasteiger partial charge in [0, 0.05) is 53.4 Å². The monoisotopic (exact) mass is 668 g/mol. The molecule has 13 heteroatoms. The van der Waals surface area contributed by atoms with Crippen LogP contribution in [0.3, 0.4) is 0 Å². The molecule has 6 rings (SSSR count). The van der Waals surface area contributed by atoms with Crippen molar-refractivity contribution >= 4 is 61.4 Å². The van der Waals surface area contributed by atoms with Crippen molar-refractivity contribution in [1.82, 2.24) is 14.9 Å². The number of H-pyrrole nitrogens is 2. The topological polar surface area (TPSA) is 135 Å². The lowest BCUT2D eigenvalue weighted by atomic mass is 9.95. The van der Waals surface area contributed by atoms with Gasteiger partial charge in [-0.25, -0.2) is 9.59 Å².